The first-order valence-corrected chi connectivity index (χ1v) is 16.1. The largest absolute Gasteiger partial charge is 0.352 e. The summed E-state index contributed by atoms with van der Waals surface area (Å²) in [5.74, 6) is -0.611. The molecule has 2 amide bonds. The van der Waals surface area contributed by atoms with Gasteiger partial charge in [-0.05, 0) is 55.0 Å². The summed E-state index contributed by atoms with van der Waals surface area (Å²) in [5, 5.41) is 3.19. The maximum atomic E-state index is 14.2. The summed E-state index contributed by atoms with van der Waals surface area (Å²) in [6, 6.07) is 24.3. The fourth-order valence-corrected chi connectivity index (χ4v) is 7.00. The van der Waals surface area contributed by atoms with E-state index in [1.54, 1.807) is 35.2 Å². The minimum atomic E-state index is -4.08. The fourth-order valence-electron chi connectivity index (χ4n) is 5.53. The van der Waals surface area contributed by atoms with Crippen molar-refractivity contribution in [2.24, 2.45) is 0 Å². The molecule has 7 nitrogen and oxygen atoms in total. The van der Waals surface area contributed by atoms with Crippen LogP contribution in [0.5, 0.6) is 0 Å². The van der Waals surface area contributed by atoms with Crippen LogP contribution in [0.25, 0.3) is 0 Å². The third kappa shape index (κ3) is 7.55. The van der Waals surface area contributed by atoms with Gasteiger partial charge in [0.05, 0.1) is 10.6 Å². The van der Waals surface area contributed by atoms with Gasteiger partial charge in [-0.25, -0.2) is 8.42 Å². The molecule has 1 atom stereocenters. The van der Waals surface area contributed by atoms with Gasteiger partial charge in [-0.2, -0.15) is 0 Å². The molecule has 0 aromatic heterocycles. The zero-order chi connectivity index (χ0) is 29.2. The first-order valence-electron chi connectivity index (χ1n) is 14.6. The summed E-state index contributed by atoms with van der Waals surface area (Å²) in [6.07, 6.45) is 6.22. The molecule has 0 unspecified atom stereocenters. The minimum Gasteiger partial charge on any atom is -0.352 e. The van der Waals surface area contributed by atoms with Crippen LogP contribution in [0.4, 0.5) is 5.69 Å². The second kappa shape index (κ2) is 14.3. The number of aryl methyl sites for hydroxylation is 1. The van der Waals surface area contributed by atoms with Crippen molar-refractivity contribution in [3.8, 4) is 0 Å². The van der Waals surface area contributed by atoms with Gasteiger partial charge in [0.1, 0.15) is 12.6 Å². The molecule has 0 bridgehead atoms. The third-order valence-corrected chi connectivity index (χ3v) is 9.56. The number of carbonyl (C=O) groups is 2. The van der Waals surface area contributed by atoms with Gasteiger partial charge in [0.15, 0.2) is 0 Å². The molecular weight excluding hydrogens is 534 g/mol. The number of nitrogens with one attached hydrogen (secondary N) is 1. The molecule has 41 heavy (non-hydrogen) atoms. The molecule has 0 heterocycles. The van der Waals surface area contributed by atoms with Crippen LogP contribution < -0.4 is 9.62 Å². The van der Waals surface area contributed by atoms with E-state index < -0.39 is 28.5 Å². The highest BCUT2D eigenvalue weighted by Gasteiger charge is 2.34. The Labute approximate surface area is 244 Å². The Bertz CT molecular complexity index is 1390. The van der Waals surface area contributed by atoms with Gasteiger partial charge in [-0.3, -0.25) is 13.9 Å². The molecule has 1 aliphatic carbocycles. The molecule has 3 aromatic rings. The van der Waals surface area contributed by atoms with Gasteiger partial charge >= 0.3 is 0 Å². The predicted molar refractivity (Wildman–Crippen MR) is 163 cm³/mol. The molecular formula is C33H41N3O4S. The van der Waals surface area contributed by atoms with E-state index in [-0.39, 0.29) is 23.4 Å². The molecule has 0 aliphatic heterocycles. The SMILES string of the molecule is CCc1ccccc1N(CC(=O)N(Cc1ccccc1)[C@@H](CC)C(=O)NC1CCCCC1)S(=O)(=O)c1ccccc1. The highest BCUT2D eigenvalue weighted by atomic mass is 32.2. The Morgan fingerprint density at radius 3 is 2.10 bits per heavy atom. The first-order chi connectivity index (χ1) is 19.8. The normalized spacial score (nSPS) is 14.7. The second-order valence-corrected chi connectivity index (χ2v) is 12.4. The fraction of sp³-hybridized carbons (Fsp3) is 0.394. The van der Waals surface area contributed by atoms with Crippen LogP contribution in [-0.2, 0) is 32.6 Å². The molecule has 4 rings (SSSR count). The highest BCUT2D eigenvalue weighted by Crippen LogP contribution is 2.28. The Morgan fingerprint density at radius 2 is 1.46 bits per heavy atom. The molecule has 8 heteroatoms. The molecule has 1 fully saturated rings. The number of anilines is 1. The van der Waals surface area contributed by atoms with Crippen molar-refractivity contribution in [2.45, 2.75) is 82.3 Å². The van der Waals surface area contributed by atoms with Gasteiger partial charge < -0.3 is 10.2 Å². The Balaban J connectivity index is 1.71. The van der Waals surface area contributed by atoms with Crippen LogP contribution >= 0.6 is 0 Å². The lowest BCUT2D eigenvalue weighted by Crippen LogP contribution is -2.54. The highest BCUT2D eigenvalue weighted by molar-refractivity contribution is 7.92. The van der Waals surface area contributed by atoms with Crippen molar-refractivity contribution >= 4 is 27.5 Å². The van der Waals surface area contributed by atoms with Crippen molar-refractivity contribution in [2.75, 3.05) is 10.8 Å². The first kappa shape index (κ1) is 30.3. The number of rotatable bonds is 12. The Morgan fingerprint density at radius 1 is 0.854 bits per heavy atom. The number of hydrogen-bond donors (Lipinski definition) is 1. The van der Waals surface area contributed by atoms with Crippen LogP contribution in [0.15, 0.2) is 89.8 Å². The molecule has 0 saturated heterocycles. The number of nitrogens with zero attached hydrogens (tertiary/aromatic N) is 2. The van der Waals surface area contributed by atoms with Gasteiger partial charge in [-0.1, -0.05) is 99.8 Å². The van der Waals surface area contributed by atoms with Crippen molar-refractivity contribution in [1.29, 1.82) is 0 Å². The standard InChI is InChI=1S/C33H41N3O4S/c1-3-27-18-14-15-23-31(27)36(41(39,40)29-21-12-7-13-22-29)25-32(37)35(24-26-16-8-5-9-17-26)30(4-2)33(38)34-28-19-10-6-11-20-28/h5,7-9,12-18,21-23,28,30H,3-4,6,10-11,19-20,24-25H2,1-2H3,(H,34,38)/t30-/m0/s1. The van der Waals surface area contributed by atoms with Gasteiger partial charge in [0, 0.05) is 12.6 Å². The molecule has 0 spiro atoms. The summed E-state index contributed by atoms with van der Waals surface area (Å²) in [4.78, 5) is 29.5. The van der Waals surface area contributed by atoms with E-state index in [4.69, 9.17) is 0 Å². The van der Waals surface area contributed by atoms with E-state index in [0.29, 0.717) is 18.5 Å². The zero-order valence-corrected chi connectivity index (χ0v) is 24.9. The van der Waals surface area contributed by atoms with Crippen molar-refractivity contribution in [3.05, 3.63) is 96.1 Å². The van der Waals surface area contributed by atoms with E-state index in [2.05, 4.69) is 5.32 Å². The number of amides is 2. The van der Waals surface area contributed by atoms with Crippen LogP contribution in [0.1, 0.15) is 63.5 Å². The van der Waals surface area contributed by atoms with Crippen LogP contribution in [0.2, 0.25) is 0 Å². The van der Waals surface area contributed by atoms with Crippen LogP contribution in [0.3, 0.4) is 0 Å². The van der Waals surface area contributed by atoms with Gasteiger partial charge in [0.2, 0.25) is 11.8 Å². The smallest absolute Gasteiger partial charge is 0.264 e. The summed E-state index contributed by atoms with van der Waals surface area (Å²) in [7, 11) is -4.08. The van der Waals surface area contributed by atoms with E-state index in [1.165, 1.54) is 22.9 Å². The predicted octanol–water partition coefficient (Wildman–Crippen LogP) is 5.70. The van der Waals surface area contributed by atoms with Crippen molar-refractivity contribution in [1.82, 2.24) is 10.2 Å². The average molecular weight is 576 g/mol. The number of para-hydroxylation sites is 1. The molecule has 0 radical (unpaired) electrons. The lowest BCUT2D eigenvalue weighted by molar-refractivity contribution is -0.140. The molecule has 1 saturated carbocycles. The summed E-state index contributed by atoms with van der Waals surface area (Å²) < 4.78 is 29.3. The van der Waals surface area contributed by atoms with Gasteiger partial charge in [-0.15, -0.1) is 0 Å². The van der Waals surface area contributed by atoms with Crippen molar-refractivity contribution < 1.29 is 18.0 Å². The number of benzene rings is 3. The third-order valence-electron chi connectivity index (χ3n) is 7.78. The quantitative estimate of drug-likeness (QED) is 0.300. The Kier molecular flexibility index (Phi) is 10.6. The summed E-state index contributed by atoms with van der Waals surface area (Å²) >= 11 is 0. The Hall–Kier alpha value is -3.65. The molecule has 1 aliphatic rings. The summed E-state index contributed by atoms with van der Waals surface area (Å²) in [5.41, 5.74) is 2.15. The second-order valence-electron chi connectivity index (χ2n) is 10.6. The average Bonchev–Trinajstić information content (AvgIpc) is 3.01. The van der Waals surface area contributed by atoms with Crippen molar-refractivity contribution in [3.63, 3.8) is 0 Å². The minimum absolute atomic E-state index is 0.102. The maximum absolute atomic E-state index is 14.2. The lowest BCUT2D eigenvalue weighted by atomic mass is 9.95. The lowest BCUT2D eigenvalue weighted by Gasteiger charge is -2.34. The summed E-state index contributed by atoms with van der Waals surface area (Å²) in [6.45, 7) is 3.62. The van der Waals surface area contributed by atoms with Crippen LogP contribution in [0, 0.1) is 0 Å². The van der Waals surface area contributed by atoms with E-state index in [9.17, 15) is 18.0 Å². The number of hydrogen-bond acceptors (Lipinski definition) is 4. The zero-order valence-electron chi connectivity index (χ0n) is 24.0. The monoisotopic (exact) mass is 575 g/mol. The molecule has 3 aromatic carbocycles. The number of carbonyl (C=O) groups excluding carboxylic acids is 2. The van der Waals surface area contributed by atoms with Gasteiger partial charge in [0.25, 0.3) is 10.0 Å². The topological polar surface area (TPSA) is 86.8 Å². The van der Waals surface area contributed by atoms with E-state index in [1.807, 2.05) is 56.3 Å². The van der Waals surface area contributed by atoms with Crippen LogP contribution in [-0.4, -0.2) is 43.8 Å². The van der Waals surface area contributed by atoms with E-state index in [0.717, 1.165) is 36.8 Å². The van der Waals surface area contributed by atoms with E-state index >= 15 is 0 Å². The number of sulfonamides is 1. The molecule has 218 valence electrons. The maximum Gasteiger partial charge on any atom is 0.264 e. The molecule has 1 N–H and O–H groups in total.